The molecule has 1 aromatic carbocycles. The van der Waals surface area contributed by atoms with E-state index in [4.69, 9.17) is 10.5 Å². The van der Waals surface area contributed by atoms with Crippen molar-refractivity contribution in [2.75, 3.05) is 18.6 Å². The zero-order chi connectivity index (χ0) is 12.1. The molecule has 0 spiro atoms. The molecule has 0 aromatic heterocycles. The van der Waals surface area contributed by atoms with Crippen LogP contribution >= 0.6 is 0 Å². The summed E-state index contributed by atoms with van der Waals surface area (Å²) in [7, 11) is -1.16. The monoisotopic (exact) mass is 239 g/mol. The quantitative estimate of drug-likeness (QED) is 0.489. The van der Waals surface area contributed by atoms with Crippen LogP contribution in [0.4, 0.5) is 5.69 Å². The molecular formula is C11H13NO3S. The first-order chi connectivity index (χ1) is 7.56. The summed E-state index contributed by atoms with van der Waals surface area (Å²) >= 11 is 0. The molecular weight excluding hydrogens is 226 g/mol. The molecule has 0 bridgehead atoms. The lowest BCUT2D eigenvalue weighted by Crippen LogP contribution is -2.06. The van der Waals surface area contributed by atoms with Crippen molar-refractivity contribution < 1.29 is 13.7 Å². The van der Waals surface area contributed by atoms with Crippen LogP contribution in [-0.4, -0.2) is 23.0 Å². The average molecular weight is 239 g/mol. The highest BCUT2D eigenvalue weighted by Crippen LogP contribution is 2.17. The largest absolute Gasteiger partial charge is 0.458 e. The fourth-order valence-electron chi connectivity index (χ4n) is 1.16. The highest BCUT2D eigenvalue weighted by atomic mass is 32.2. The van der Waals surface area contributed by atoms with Crippen LogP contribution < -0.4 is 5.73 Å². The van der Waals surface area contributed by atoms with Crippen LogP contribution in [0.15, 0.2) is 35.7 Å². The molecule has 0 fully saturated rings. The van der Waals surface area contributed by atoms with E-state index in [9.17, 15) is 9.00 Å². The molecule has 0 aliphatic heterocycles. The molecule has 0 aliphatic rings. The SMILES string of the molecule is C=CCOC(=O)c1ccc(S(C)=O)c(N)c1. The second-order valence-corrected chi connectivity index (χ2v) is 4.44. The lowest BCUT2D eigenvalue weighted by Gasteiger charge is -2.05. The maximum Gasteiger partial charge on any atom is 0.338 e. The van der Waals surface area contributed by atoms with Crippen LogP contribution in [0, 0.1) is 0 Å². The van der Waals surface area contributed by atoms with Crippen molar-refractivity contribution in [3.63, 3.8) is 0 Å². The molecule has 1 atom stereocenters. The molecule has 0 saturated carbocycles. The first kappa shape index (κ1) is 12.4. The molecule has 1 unspecified atom stereocenters. The summed E-state index contributed by atoms with van der Waals surface area (Å²) in [4.78, 5) is 11.9. The van der Waals surface area contributed by atoms with E-state index in [1.165, 1.54) is 18.4 Å². The van der Waals surface area contributed by atoms with Gasteiger partial charge >= 0.3 is 5.97 Å². The Morgan fingerprint density at radius 3 is 2.81 bits per heavy atom. The Labute approximate surface area is 96.6 Å². The number of ether oxygens (including phenoxy) is 1. The van der Waals surface area contributed by atoms with Crippen LogP contribution in [0.5, 0.6) is 0 Å². The molecule has 1 rings (SSSR count). The number of nitrogen functional groups attached to an aromatic ring is 1. The predicted octanol–water partition coefficient (Wildman–Crippen LogP) is 1.35. The second-order valence-electron chi connectivity index (χ2n) is 3.09. The average Bonchev–Trinajstić information content (AvgIpc) is 2.25. The second kappa shape index (κ2) is 5.46. The van der Waals surface area contributed by atoms with Gasteiger partial charge in [0.2, 0.25) is 0 Å². The maximum absolute atomic E-state index is 11.4. The van der Waals surface area contributed by atoms with Gasteiger partial charge in [0.15, 0.2) is 0 Å². The van der Waals surface area contributed by atoms with E-state index in [1.807, 2.05) is 0 Å². The molecule has 0 heterocycles. The summed E-state index contributed by atoms with van der Waals surface area (Å²) in [5.74, 6) is -0.472. The van der Waals surface area contributed by atoms with E-state index in [1.54, 1.807) is 12.1 Å². The maximum atomic E-state index is 11.4. The zero-order valence-electron chi connectivity index (χ0n) is 8.93. The Kier molecular flexibility index (Phi) is 4.25. The Hall–Kier alpha value is -1.62. The van der Waals surface area contributed by atoms with Gasteiger partial charge in [-0.05, 0) is 18.2 Å². The molecule has 2 N–H and O–H groups in total. The van der Waals surface area contributed by atoms with Crippen molar-refractivity contribution in [1.82, 2.24) is 0 Å². The summed E-state index contributed by atoms with van der Waals surface area (Å²) in [6.45, 7) is 3.59. The minimum absolute atomic E-state index is 0.153. The van der Waals surface area contributed by atoms with Crippen molar-refractivity contribution >= 4 is 22.5 Å². The van der Waals surface area contributed by atoms with Gasteiger partial charge in [-0.3, -0.25) is 4.21 Å². The number of carbonyl (C=O) groups excluding carboxylic acids is 1. The number of benzene rings is 1. The van der Waals surface area contributed by atoms with Gasteiger partial charge < -0.3 is 10.5 Å². The number of carbonyl (C=O) groups is 1. The normalized spacial score (nSPS) is 11.8. The van der Waals surface area contributed by atoms with Crippen LogP contribution in [-0.2, 0) is 15.5 Å². The van der Waals surface area contributed by atoms with Gasteiger partial charge in [0, 0.05) is 11.9 Å². The third-order valence-electron chi connectivity index (χ3n) is 1.89. The van der Waals surface area contributed by atoms with Crippen molar-refractivity contribution in [3.8, 4) is 0 Å². The Balaban J connectivity index is 2.92. The molecule has 4 nitrogen and oxygen atoms in total. The fraction of sp³-hybridized carbons (Fsp3) is 0.182. The van der Waals surface area contributed by atoms with Gasteiger partial charge in [-0.1, -0.05) is 12.7 Å². The fourth-order valence-corrected chi connectivity index (χ4v) is 1.81. The van der Waals surface area contributed by atoms with Crippen LogP contribution in [0.3, 0.4) is 0 Å². The predicted molar refractivity (Wildman–Crippen MR) is 63.7 cm³/mol. The van der Waals surface area contributed by atoms with Gasteiger partial charge in [0.1, 0.15) is 6.61 Å². The van der Waals surface area contributed by atoms with Crippen molar-refractivity contribution in [1.29, 1.82) is 0 Å². The molecule has 16 heavy (non-hydrogen) atoms. The summed E-state index contributed by atoms with van der Waals surface area (Å²) in [5.41, 5.74) is 6.34. The van der Waals surface area contributed by atoms with Crippen LogP contribution in [0.1, 0.15) is 10.4 Å². The van der Waals surface area contributed by atoms with Crippen molar-refractivity contribution in [2.24, 2.45) is 0 Å². The van der Waals surface area contributed by atoms with E-state index in [-0.39, 0.29) is 6.61 Å². The van der Waals surface area contributed by atoms with Gasteiger partial charge in [-0.25, -0.2) is 4.79 Å². The van der Waals surface area contributed by atoms with E-state index in [2.05, 4.69) is 6.58 Å². The zero-order valence-corrected chi connectivity index (χ0v) is 9.75. The summed E-state index contributed by atoms with van der Waals surface area (Å²) in [5, 5.41) is 0. The Bertz CT molecular complexity index is 443. The minimum atomic E-state index is -1.16. The van der Waals surface area contributed by atoms with Gasteiger partial charge in [-0.2, -0.15) is 0 Å². The third kappa shape index (κ3) is 2.93. The number of esters is 1. The highest BCUT2D eigenvalue weighted by molar-refractivity contribution is 7.84. The number of nitrogens with two attached hydrogens (primary N) is 1. The number of anilines is 1. The molecule has 86 valence electrons. The Morgan fingerprint density at radius 1 is 1.62 bits per heavy atom. The summed E-state index contributed by atoms with van der Waals surface area (Å²) in [6.07, 6.45) is 3.01. The van der Waals surface area contributed by atoms with Crippen LogP contribution in [0.25, 0.3) is 0 Å². The van der Waals surface area contributed by atoms with E-state index < -0.39 is 16.8 Å². The smallest absolute Gasteiger partial charge is 0.338 e. The number of hydrogen-bond donors (Lipinski definition) is 1. The minimum Gasteiger partial charge on any atom is -0.458 e. The highest BCUT2D eigenvalue weighted by Gasteiger charge is 2.10. The lowest BCUT2D eigenvalue weighted by molar-refractivity contribution is 0.0549. The topological polar surface area (TPSA) is 69.4 Å². The summed E-state index contributed by atoms with van der Waals surface area (Å²) < 4.78 is 16.1. The van der Waals surface area contributed by atoms with Crippen molar-refractivity contribution in [2.45, 2.75) is 4.90 Å². The van der Waals surface area contributed by atoms with Gasteiger partial charge in [0.25, 0.3) is 0 Å². The molecule has 0 saturated heterocycles. The molecule has 0 amide bonds. The summed E-state index contributed by atoms with van der Waals surface area (Å²) in [6, 6.07) is 4.57. The third-order valence-corrected chi connectivity index (χ3v) is 2.88. The van der Waals surface area contributed by atoms with Crippen LogP contribution in [0.2, 0.25) is 0 Å². The standard InChI is InChI=1S/C11H13NO3S/c1-3-6-15-11(13)8-4-5-10(16(2)14)9(12)7-8/h3-5,7H,1,6,12H2,2H3. The Morgan fingerprint density at radius 2 is 2.31 bits per heavy atom. The van der Waals surface area contributed by atoms with Crippen molar-refractivity contribution in [3.05, 3.63) is 36.4 Å². The first-order valence-electron chi connectivity index (χ1n) is 4.57. The van der Waals surface area contributed by atoms with Gasteiger partial charge in [-0.15, -0.1) is 0 Å². The molecule has 0 aliphatic carbocycles. The lowest BCUT2D eigenvalue weighted by atomic mass is 10.2. The number of hydrogen-bond acceptors (Lipinski definition) is 4. The first-order valence-corrected chi connectivity index (χ1v) is 6.13. The van der Waals surface area contributed by atoms with E-state index in [0.29, 0.717) is 16.1 Å². The molecule has 0 radical (unpaired) electrons. The van der Waals surface area contributed by atoms with E-state index in [0.717, 1.165) is 0 Å². The molecule has 1 aromatic rings. The molecule has 5 heteroatoms. The number of rotatable bonds is 4. The van der Waals surface area contributed by atoms with Gasteiger partial charge in [0.05, 0.1) is 21.3 Å². The van der Waals surface area contributed by atoms with E-state index >= 15 is 0 Å².